The Balaban J connectivity index is 1.39. The number of hydrogen-bond donors (Lipinski definition) is 2. The number of likely N-dealkylation sites (tertiary alicyclic amines) is 1. The fourth-order valence-corrected chi connectivity index (χ4v) is 7.35. The summed E-state index contributed by atoms with van der Waals surface area (Å²) >= 11 is 0. The third-order valence-corrected chi connectivity index (χ3v) is 9.61. The van der Waals surface area contributed by atoms with Gasteiger partial charge in [-0.15, -0.1) is 0 Å². The normalized spacial score (nSPS) is 32.0. The predicted molar refractivity (Wildman–Crippen MR) is 148 cm³/mol. The Bertz CT molecular complexity index is 1010. The largest absolute Gasteiger partial charge is 0.344 e. The second-order valence-corrected chi connectivity index (χ2v) is 11.5. The van der Waals surface area contributed by atoms with Crippen LogP contribution in [0.2, 0.25) is 0 Å². The highest BCUT2D eigenvalue weighted by Crippen LogP contribution is 2.47. The molecule has 1 saturated carbocycles. The summed E-state index contributed by atoms with van der Waals surface area (Å²) < 4.78 is 0. The van der Waals surface area contributed by atoms with Crippen molar-refractivity contribution in [2.45, 2.75) is 77.2 Å². The van der Waals surface area contributed by atoms with Crippen LogP contribution in [-0.2, 0) is 4.79 Å². The highest BCUT2D eigenvalue weighted by molar-refractivity contribution is 6.02. The average molecular weight is 489 g/mol. The van der Waals surface area contributed by atoms with Crippen LogP contribution in [0.15, 0.2) is 59.2 Å². The van der Waals surface area contributed by atoms with Gasteiger partial charge >= 0.3 is 0 Å². The van der Waals surface area contributed by atoms with Crippen LogP contribution in [-0.4, -0.2) is 48.9 Å². The first-order chi connectivity index (χ1) is 17.5. The van der Waals surface area contributed by atoms with Gasteiger partial charge in [-0.2, -0.15) is 0 Å². The van der Waals surface area contributed by atoms with Gasteiger partial charge in [0.1, 0.15) is 5.84 Å². The summed E-state index contributed by atoms with van der Waals surface area (Å²) in [6.07, 6.45) is 11.6. The van der Waals surface area contributed by atoms with Crippen molar-refractivity contribution >= 4 is 11.7 Å². The molecule has 4 aliphatic rings. The second kappa shape index (κ2) is 10.9. The molecule has 2 N–H and O–H groups in total. The minimum absolute atomic E-state index is 0.0671. The van der Waals surface area contributed by atoms with Gasteiger partial charge in [0.05, 0.1) is 5.92 Å². The number of nitrogens with zero attached hydrogens (tertiary/aromatic N) is 2. The number of rotatable bonds is 4. The Morgan fingerprint density at radius 2 is 1.97 bits per heavy atom. The van der Waals surface area contributed by atoms with Gasteiger partial charge in [0.25, 0.3) is 0 Å². The molecule has 3 heterocycles. The Morgan fingerprint density at radius 1 is 1.19 bits per heavy atom. The monoisotopic (exact) mass is 488 g/mol. The van der Waals surface area contributed by atoms with Crippen LogP contribution in [0.1, 0.15) is 76.7 Å². The summed E-state index contributed by atoms with van der Waals surface area (Å²) in [6, 6.07) is 11.3. The lowest BCUT2D eigenvalue weighted by Crippen LogP contribution is -2.55. The van der Waals surface area contributed by atoms with Gasteiger partial charge in [-0.3, -0.25) is 9.79 Å². The summed E-state index contributed by atoms with van der Waals surface area (Å²) in [5, 5.41) is 7.05. The molecule has 1 aromatic rings. The van der Waals surface area contributed by atoms with Gasteiger partial charge in [-0.25, -0.2) is 0 Å². The second-order valence-electron chi connectivity index (χ2n) is 11.5. The smallest absolute Gasteiger partial charge is 0.228 e. The lowest BCUT2D eigenvalue weighted by molar-refractivity contribution is -0.143. The lowest BCUT2D eigenvalue weighted by atomic mass is 9.67. The number of amidine groups is 1. The summed E-state index contributed by atoms with van der Waals surface area (Å²) in [5.41, 5.74) is 3.27. The van der Waals surface area contributed by atoms with E-state index in [0.29, 0.717) is 23.8 Å². The van der Waals surface area contributed by atoms with Crippen molar-refractivity contribution in [2.24, 2.45) is 22.2 Å². The number of hydrogen-bond acceptors (Lipinski definition) is 4. The topological polar surface area (TPSA) is 56.7 Å². The van der Waals surface area contributed by atoms with Crippen LogP contribution in [0.5, 0.6) is 0 Å². The highest BCUT2D eigenvalue weighted by Gasteiger charge is 2.53. The molecule has 5 heteroatoms. The molecule has 1 aliphatic carbocycles. The molecule has 194 valence electrons. The van der Waals surface area contributed by atoms with E-state index in [1.54, 1.807) is 0 Å². The number of allylic oxidation sites excluding steroid dienone is 2. The third-order valence-electron chi connectivity index (χ3n) is 9.61. The van der Waals surface area contributed by atoms with Crippen molar-refractivity contribution in [3.8, 4) is 0 Å². The van der Waals surface area contributed by atoms with E-state index in [2.05, 4.69) is 65.4 Å². The van der Waals surface area contributed by atoms with Crippen LogP contribution in [0, 0.1) is 17.3 Å². The van der Waals surface area contributed by atoms with E-state index < -0.39 is 0 Å². The van der Waals surface area contributed by atoms with E-state index in [0.717, 1.165) is 62.5 Å². The fourth-order valence-electron chi connectivity index (χ4n) is 7.35. The van der Waals surface area contributed by atoms with Gasteiger partial charge in [0, 0.05) is 43.3 Å². The van der Waals surface area contributed by atoms with Crippen LogP contribution < -0.4 is 10.6 Å². The summed E-state index contributed by atoms with van der Waals surface area (Å²) in [6.45, 7) is 11.8. The predicted octanol–water partition coefficient (Wildman–Crippen LogP) is 5.42. The Hall–Kier alpha value is -2.40. The van der Waals surface area contributed by atoms with E-state index in [1.807, 2.05) is 6.92 Å². The number of amides is 1. The minimum Gasteiger partial charge on any atom is -0.344 e. The molecule has 0 bridgehead atoms. The van der Waals surface area contributed by atoms with Crippen LogP contribution >= 0.6 is 0 Å². The molecule has 4 unspecified atom stereocenters. The molecule has 36 heavy (non-hydrogen) atoms. The van der Waals surface area contributed by atoms with Crippen LogP contribution in [0.3, 0.4) is 0 Å². The van der Waals surface area contributed by atoms with Crippen LogP contribution in [0.4, 0.5) is 0 Å². The van der Waals surface area contributed by atoms with Gasteiger partial charge in [0.15, 0.2) is 0 Å². The third kappa shape index (κ3) is 4.79. The van der Waals surface area contributed by atoms with E-state index in [9.17, 15) is 4.79 Å². The Labute approximate surface area is 217 Å². The number of piperidine rings is 1. The maximum Gasteiger partial charge on any atom is 0.228 e. The van der Waals surface area contributed by atoms with E-state index >= 15 is 0 Å². The molecule has 3 fully saturated rings. The van der Waals surface area contributed by atoms with Gasteiger partial charge < -0.3 is 15.5 Å². The summed E-state index contributed by atoms with van der Waals surface area (Å²) in [4.78, 5) is 21.6. The summed E-state index contributed by atoms with van der Waals surface area (Å²) in [7, 11) is 0. The molecule has 1 spiro atoms. The van der Waals surface area contributed by atoms with Gasteiger partial charge in [-0.1, -0.05) is 62.2 Å². The molecule has 5 nitrogen and oxygen atoms in total. The van der Waals surface area contributed by atoms with Crippen molar-refractivity contribution in [3.63, 3.8) is 0 Å². The van der Waals surface area contributed by atoms with Crippen LogP contribution in [0.25, 0.3) is 0 Å². The zero-order valence-corrected chi connectivity index (χ0v) is 22.3. The van der Waals surface area contributed by atoms with Crippen molar-refractivity contribution in [3.05, 3.63) is 59.8 Å². The lowest BCUT2D eigenvalue weighted by Gasteiger charge is -2.48. The highest BCUT2D eigenvalue weighted by atomic mass is 16.2. The van der Waals surface area contributed by atoms with Crippen molar-refractivity contribution in [2.75, 3.05) is 26.2 Å². The minimum atomic E-state index is -0.247. The first-order valence-corrected chi connectivity index (χ1v) is 14.2. The van der Waals surface area contributed by atoms with Gasteiger partial charge in [-0.05, 0) is 68.9 Å². The molecule has 1 amide bonds. The van der Waals surface area contributed by atoms with E-state index in [1.165, 1.54) is 37.7 Å². The molecule has 2 saturated heterocycles. The maximum absolute atomic E-state index is 14.5. The molecule has 0 radical (unpaired) electrons. The fraction of sp³-hybridized carbons (Fsp3) is 0.613. The number of nitrogens with one attached hydrogen (secondary N) is 2. The zero-order valence-electron chi connectivity index (χ0n) is 22.3. The number of aliphatic imine (C=N–C) groups is 1. The molecule has 4 atom stereocenters. The van der Waals surface area contributed by atoms with Crippen molar-refractivity contribution in [1.82, 2.24) is 15.5 Å². The van der Waals surface area contributed by atoms with Crippen molar-refractivity contribution < 1.29 is 4.79 Å². The molecule has 5 rings (SSSR count). The molecule has 1 aromatic carbocycles. The van der Waals surface area contributed by atoms with E-state index in [4.69, 9.17) is 4.99 Å². The molecule has 0 aromatic heterocycles. The Morgan fingerprint density at radius 3 is 2.72 bits per heavy atom. The first kappa shape index (κ1) is 25.3. The average Bonchev–Trinajstić information content (AvgIpc) is 3.35. The van der Waals surface area contributed by atoms with E-state index in [-0.39, 0.29) is 11.3 Å². The molecular weight excluding hydrogens is 444 g/mol. The first-order valence-electron chi connectivity index (χ1n) is 14.2. The number of benzene rings is 1. The Kier molecular flexibility index (Phi) is 7.66. The summed E-state index contributed by atoms with van der Waals surface area (Å²) in [5.74, 6) is 2.33. The van der Waals surface area contributed by atoms with Gasteiger partial charge in [0.2, 0.25) is 5.91 Å². The SMILES string of the molecule is C=C1C(NC(C)=CC)=NCCC12CNCC2C(=O)N1CCC(c2ccccc2)CC1C1CCCCC1. The maximum atomic E-state index is 14.5. The molecular formula is C31H44N4O. The standard InChI is InChI=1S/C31H44N4O/c1-4-22(2)34-29-23(3)31(16-17-33-29)21-32-20-27(31)30(36)35-18-15-26(24-11-7-5-8-12-24)19-28(35)25-13-9-6-10-14-25/h4-5,7-8,11-12,25-28,32H,3,6,9-10,13-21H2,1-2H3,(H,33,34). The zero-order chi connectivity index (χ0) is 25.1. The van der Waals surface area contributed by atoms with Crippen molar-refractivity contribution in [1.29, 1.82) is 0 Å². The molecule has 3 aliphatic heterocycles. The number of carbonyl (C=O) groups excluding carboxylic acids is 1. The number of carbonyl (C=O) groups is 1. The quantitative estimate of drug-likeness (QED) is 0.595.